The van der Waals surface area contributed by atoms with Crippen molar-refractivity contribution in [1.82, 2.24) is 9.97 Å². The monoisotopic (exact) mass is 576 g/mol. The summed E-state index contributed by atoms with van der Waals surface area (Å²) < 4.78 is 15.0. The first-order valence-electron chi connectivity index (χ1n) is 6.59. The molecule has 0 unspecified atom stereocenters. The molecule has 0 aliphatic heterocycles. The summed E-state index contributed by atoms with van der Waals surface area (Å²) in [7, 11) is 0. The second-order valence-corrected chi connectivity index (χ2v) is 8.09. The standard InChI is InChI=1S/C16H8Br4N2O2/c17-9-1-3-13(11(19)5-9)23-15-7-21-8-16(22-15)24-14-4-2-10(18)6-12(14)20/h1-8H. The number of nitrogens with zero attached hydrogens (tertiary/aromatic N) is 2. The van der Waals surface area contributed by atoms with Gasteiger partial charge in [-0.15, -0.1) is 0 Å². The topological polar surface area (TPSA) is 44.2 Å². The SMILES string of the molecule is Brc1ccc(Oc2cncc(Oc3ccc(Br)cc3Br)n2)c(Br)c1. The smallest absolute Gasteiger partial charge is 0.241 e. The lowest BCUT2D eigenvalue weighted by molar-refractivity contribution is 0.419. The van der Waals surface area contributed by atoms with E-state index in [0.29, 0.717) is 23.3 Å². The third-order valence-corrected chi connectivity index (χ3v) is 5.03. The minimum absolute atomic E-state index is 0.337. The summed E-state index contributed by atoms with van der Waals surface area (Å²) in [6.45, 7) is 0. The fraction of sp³-hybridized carbons (Fsp3) is 0. The van der Waals surface area contributed by atoms with E-state index < -0.39 is 0 Å². The summed E-state index contributed by atoms with van der Waals surface area (Å²) in [6.07, 6.45) is 3.05. The van der Waals surface area contributed by atoms with Gasteiger partial charge in [0, 0.05) is 8.95 Å². The van der Waals surface area contributed by atoms with E-state index in [1.54, 1.807) is 0 Å². The molecule has 1 heterocycles. The quantitative estimate of drug-likeness (QED) is 0.330. The van der Waals surface area contributed by atoms with E-state index in [2.05, 4.69) is 73.7 Å². The molecule has 4 nitrogen and oxygen atoms in total. The van der Waals surface area contributed by atoms with E-state index in [0.717, 1.165) is 17.9 Å². The fourth-order valence-corrected chi connectivity index (χ4v) is 4.03. The van der Waals surface area contributed by atoms with E-state index in [4.69, 9.17) is 9.47 Å². The minimum Gasteiger partial charge on any atom is -0.436 e. The van der Waals surface area contributed by atoms with Gasteiger partial charge in [0.15, 0.2) is 0 Å². The number of hydrogen-bond acceptors (Lipinski definition) is 4. The van der Waals surface area contributed by atoms with Gasteiger partial charge in [0.1, 0.15) is 11.5 Å². The molecule has 0 aliphatic rings. The lowest BCUT2D eigenvalue weighted by atomic mass is 10.3. The molecule has 0 fully saturated rings. The van der Waals surface area contributed by atoms with Gasteiger partial charge in [-0.25, -0.2) is 0 Å². The summed E-state index contributed by atoms with van der Waals surface area (Å²) in [5, 5.41) is 0. The first kappa shape index (κ1) is 17.8. The zero-order chi connectivity index (χ0) is 17.1. The maximum Gasteiger partial charge on any atom is 0.241 e. The first-order chi connectivity index (χ1) is 11.5. The largest absolute Gasteiger partial charge is 0.436 e. The molecule has 3 aromatic rings. The summed E-state index contributed by atoms with van der Waals surface area (Å²) >= 11 is 13.7. The van der Waals surface area contributed by atoms with Crippen molar-refractivity contribution in [3.63, 3.8) is 0 Å². The maximum absolute atomic E-state index is 5.75. The van der Waals surface area contributed by atoms with Crippen molar-refractivity contribution in [2.45, 2.75) is 0 Å². The number of ether oxygens (including phenoxy) is 2. The predicted molar refractivity (Wildman–Crippen MR) is 106 cm³/mol. The van der Waals surface area contributed by atoms with Crippen LogP contribution in [0.25, 0.3) is 0 Å². The van der Waals surface area contributed by atoms with Gasteiger partial charge < -0.3 is 9.47 Å². The highest BCUT2D eigenvalue weighted by Gasteiger charge is 2.09. The zero-order valence-electron chi connectivity index (χ0n) is 11.8. The van der Waals surface area contributed by atoms with Crippen LogP contribution in [0.1, 0.15) is 0 Å². The van der Waals surface area contributed by atoms with E-state index in [1.807, 2.05) is 36.4 Å². The Hall–Kier alpha value is -0.960. The molecule has 24 heavy (non-hydrogen) atoms. The number of rotatable bonds is 4. The molecule has 8 heteroatoms. The van der Waals surface area contributed by atoms with Crippen molar-refractivity contribution >= 4 is 63.7 Å². The molecule has 3 rings (SSSR count). The molecular weight excluding hydrogens is 572 g/mol. The molecule has 0 saturated carbocycles. The van der Waals surface area contributed by atoms with Gasteiger partial charge in [0.25, 0.3) is 0 Å². The van der Waals surface area contributed by atoms with Crippen LogP contribution in [0.2, 0.25) is 0 Å². The lowest BCUT2D eigenvalue weighted by Crippen LogP contribution is -1.94. The van der Waals surface area contributed by atoms with Gasteiger partial charge in [-0.3, -0.25) is 4.98 Å². The average molecular weight is 580 g/mol. The van der Waals surface area contributed by atoms with Gasteiger partial charge >= 0.3 is 0 Å². The number of benzene rings is 2. The molecule has 0 amide bonds. The Bertz CT molecular complexity index is 821. The van der Waals surface area contributed by atoms with Crippen molar-refractivity contribution < 1.29 is 9.47 Å². The van der Waals surface area contributed by atoms with E-state index in [9.17, 15) is 0 Å². The fourth-order valence-electron chi connectivity index (χ4n) is 1.77. The van der Waals surface area contributed by atoms with Crippen LogP contribution < -0.4 is 9.47 Å². The van der Waals surface area contributed by atoms with Crippen molar-refractivity contribution in [2.75, 3.05) is 0 Å². The highest BCUT2D eigenvalue weighted by Crippen LogP contribution is 2.33. The Kier molecular flexibility index (Phi) is 5.91. The number of aromatic nitrogens is 2. The molecule has 0 N–H and O–H groups in total. The average Bonchev–Trinajstić information content (AvgIpc) is 2.53. The molecule has 0 aliphatic carbocycles. The number of halogens is 4. The van der Waals surface area contributed by atoms with Crippen molar-refractivity contribution in [2.24, 2.45) is 0 Å². The molecule has 1 aromatic heterocycles. The van der Waals surface area contributed by atoms with Crippen molar-refractivity contribution in [3.05, 3.63) is 66.7 Å². The third-order valence-electron chi connectivity index (χ3n) is 2.81. The third kappa shape index (κ3) is 4.56. The van der Waals surface area contributed by atoms with Crippen LogP contribution >= 0.6 is 63.7 Å². The van der Waals surface area contributed by atoms with Crippen molar-refractivity contribution in [1.29, 1.82) is 0 Å². The summed E-state index contributed by atoms with van der Waals surface area (Å²) in [4.78, 5) is 8.43. The van der Waals surface area contributed by atoms with Gasteiger partial charge in [0.2, 0.25) is 11.8 Å². The summed E-state index contributed by atoms with van der Waals surface area (Å²) in [5.41, 5.74) is 0. The molecule has 0 saturated heterocycles. The van der Waals surface area contributed by atoms with Gasteiger partial charge in [-0.2, -0.15) is 4.98 Å². The molecule has 0 spiro atoms. The van der Waals surface area contributed by atoms with Crippen LogP contribution in [0, 0.1) is 0 Å². The Morgan fingerprint density at radius 2 is 1.12 bits per heavy atom. The second kappa shape index (κ2) is 7.95. The van der Waals surface area contributed by atoms with Crippen LogP contribution in [0.5, 0.6) is 23.3 Å². The molecule has 0 radical (unpaired) electrons. The van der Waals surface area contributed by atoms with Crippen molar-refractivity contribution in [3.8, 4) is 23.3 Å². The lowest BCUT2D eigenvalue weighted by Gasteiger charge is -2.10. The van der Waals surface area contributed by atoms with E-state index >= 15 is 0 Å². The zero-order valence-corrected chi connectivity index (χ0v) is 18.2. The Labute approximate surface area is 172 Å². The van der Waals surface area contributed by atoms with Crippen LogP contribution in [0.15, 0.2) is 66.7 Å². The molecule has 2 aromatic carbocycles. The second-order valence-electron chi connectivity index (χ2n) is 4.55. The van der Waals surface area contributed by atoms with Crippen LogP contribution in [-0.4, -0.2) is 9.97 Å². The molecule has 122 valence electrons. The van der Waals surface area contributed by atoms with E-state index in [-0.39, 0.29) is 0 Å². The Morgan fingerprint density at radius 1 is 0.667 bits per heavy atom. The van der Waals surface area contributed by atoms with Crippen LogP contribution in [0.3, 0.4) is 0 Å². The number of hydrogen-bond donors (Lipinski definition) is 0. The predicted octanol–water partition coefficient (Wildman–Crippen LogP) is 7.11. The Morgan fingerprint density at radius 3 is 1.54 bits per heavy atom. The van der Waals surface area contributed by atoms with Gasteiger partial charge in [-0.1, -0.05) is 31.9 Å². The molecule has 0 bridgehead atoms. The maximum atomic E-state index is 5.75. The van der Waals surface area contributed by atoms with Crippen LogP contribution in [0.4, 0.5) is 0 Å². The van der Waals surface area contributed by atoms with Gasteiger partial charge in [0.05, 0.1) is 21.3 Å². The van der Waals surface area contributed by atoms with Gasteiger partial charge in [-0.05, 0) is 68.3 Å². The minimum atomic E-state index is 0.337. The summed E-state index contributed by atoms with van der Waals surface area (Å²) in [5.74, 6) is 1.94. The summed E-state index contributed by atoms with van der Waals surface area (Å²) in [6, 6.07) is 11.2. The Balaban J connectivity index is 1.81. The first-order valence-corrected chi connectivity index (χ1v) is 9.76. The van der Waals surface area contributed by atoms with E-state index in [1.165, 1.54) is 12.4 Å². The highest BCUT2D eigenvalue weighted by atomic mass is 79.9. The normalized spacial score (nSPS) is 10.5. The molecular formula is C16H8Br4N2O2. The van der Waals surface area contributed by atoms with Crippen LogP contribution in [-0.2, 0) is 0 Å². The highest BCUT2D eigenvalue weighted by molar-refractivity contribution is 9.11. The molecule has 0 atom stereocenters.